The lowest BCUT2D eigenvalue weighted by Gasteiger charge is -2.09. The van der Waals surface area contributed by atoms with E-state index in [4.69, 9.17) is 14.6 Å². The van der Waals surface area contributed by atoms with Crippen LogP contribution in [0.2, 0.25) is 0 Å². The minimum Gasteiger partial charge on any atom is -0.494 e. The van der Waals surface area contributed by atoms with E-state index in [0.717, 1.165) is 0 Å². The molecule has 0 radical (unpaired) electrons. The molecule has 0 amide bonds. The number of carboxylic acids is 1. The maximum atomic E-state index is 11.0. The molecule has 0 fully saturated rings. The van der Waals surface area contributed by atoms with E-state index in [9.17, 15) is 4.79 Å². The van der Waals surface area contributed by atoms with Crippen molar-refractivity contribution in [3.8, 4) is 17.2 Å². The fraction of sp³-hybridized carbons (Fsp3) is 0.143. The molecular weight excluding hydrogens is 246 g/mol. The predicted octanol–water partition coefficient (Wildman–Crippen LogP) is 2.97. The highest BCUT2D eigenvalue weighted by molar-refractivity contribution is 5.90. The van der Waals surface area contributed by atoms with Crippen molar-refractivity contribution in [1.29, 1.82) is 0 Å². The molecule has 98 valence electrons. The largest absolute Gasteiger partial charge is 0.494 e. The molecule has 19 heavy (non-hydrogen) atoms. The zero-order valence-electron chi connectivity index (χ0n) is 10.4. The summed E-state index contributed by atoms with van der Waals surface area (Å²) in [4.78, 5) is 14.8. The molecule has 1 heterocycles. The molecule has 2 aromatic rings. The number of aromatic nitrogens is 1. The van der Waals surface area contributed by atoms with E-state index in [2.05, 4.69) is 4.98 Å². The van der Waals surface area contributed by atoms with Crippen LogP contribution in [0.15, 0.2) is 42.7 Å². The summed E-state index contributed by atoms with van der Waals surface area (Å²) in [6, 6.07) is 8.53. The van der Waals surface area contributed by atoms with E-state index in [-0.39, 0.29) is 11.3 Å². The molecule has 0 atom stereocenters. The number of aromatic carboxylic acids is 1. The van der Waals surface area contributed by atoms with Crippen molar-refractivity contribution in [3.05, 3.63) is 48.3 Å². The van der Waals surface area contributed by atoms with Gasteiger partial charge in [0.2, 0.25) is 0 Å². The van der Waals surface area contributed by atoms with Crippen LogP contribution in [0.25, 0.3) is 0 Å². The highest BCUT2D eigenvalue weighted by atomic mass is 16.5. The van der Waals surface area contributed by atoms with Gasteiger partial charge >= 0.3 is 5.97 Å². The Morgan fingerprint density at radius 2 is 2.11 bits per heavy atom. The zero-order valence-corrected chi connectivity index (χ0v) is 10.4. The molecule has 5 heteroatoms. The number of ether oxygens (including phenoxy) is 2. The van der Waals surface area contributed by atoms with E-state index < -0.39 is 5.97 Å². The van der Waals surface area contributed by atoms with Crippen LogP contribution >= 0.6 is 0 Å². The number of hydrogen-bond acceptors (Lipinski definition) is 4. The van der Waals surface area contributed by atoms with E-state index in [1.807, 2.05) is 6.92 Å². The molecule has 1 aromatic carbocycles. The maximum absolute atomic E-state index is 11.0. The van der Waals surface area contributed by atoms with Gasteiger partial charge in [-0.2, -0.15) is 0 Å². The Labute approximate surface area is 110 Å². The van der Waals surface area contributed by atoms with Gasteiger partial charge in [0.15, 0.2) is 0 Å². The predicted molar refractivity (Wildman–Crippen MR) is 68.9 cm³/mol. The first-order valence-electron chi connectivity index (χ1n) is 5.78. The third-order valence-electron chi connectivity index (χ3n) is 2.36. The SMILES string of the molecule is CCOc1cccc(Oc2ccncc2C(=O)O)c1. The van der Waals surface area contributed by atoms with Crippen LogP contribution in [-0.2, 0) is 0 Å². The second kappa shape index (κ2) is 5.86. The van der Waals surface area contributed by atoms with Gasteiger partial charge in [-0.1, -0.05) is 6.07 Å². The molecule has 0 spiro atoms. The van der Waals surface area contributed by atoms with E-state index in [1.165, 1.54) is 18.5 Å². The van der Waals surface area contributed by atoms with Gasteiger partial charge in [0.25, 0.3) is 0 Å². The number of rotatable bonds is 5. The summed E-state index contributed by atoms with van der Waals surface area (Å²) >= 11 is 0. The number of carbonyl (C=O) groups is 1. The minimum atomic E-state index is -1.08. The molecule has 0 saturated carbocycles. The highest BCUT2D eigenvalue weighted by Crippen LogP contribution is 2.27. The molecule has 0 aliphatic heterocycles. The summed E-state index contributed by atoms with van der Waals surface area (Å²) in [7, 11) is 0. The first kappa shape index (κ1) is 12.9. The molecule has 0 unspecified atom stereocenters. The van der Waals surface area contributed by atoms with Crippen molar-refractivity contribution in [3.63, 3.8) is 0 Å². The summed E-state index contributed by atoms with van der Waals surface area (Å²) in [5.41, 5.74) is 0.0179. The van der Waals surface area contributed by atoms with Gasteiger partial charge in [0.1, 0.15) is 22.8 Å². The molecule has 1 aromatic heterocycles. The summed E-state index contributed by atoms with van der Waals surface area (Å²) in [5, 5.41) is 9.04. The van der Waals surface area contributed by atoms with Gasteiger partial charge in [-0.15, -0.1) is 0 Å². The van der Waals surface area contributed by atoms with E-state index in [0.29, 0.717) is 18.1 Å². The molecule has 1 N–H and O–H groups in total. The average Bonchev–Trinajstić information content (AvgIpc) is 2.40. The van der Waals surface area contributed by atoms with Crippen molar-refractivity contribution in [2.45, 2.75) is 6.92 Å². The van der Waals surface area contributed by atoms with Gasteiger partial charge in [0, 0.05) is 24.5 Å². The van der Waals surface area contributed by atoms with Gasteiger partial charge < -0.3 is 14.6 Å². The molecule has 0 bridgehead atoms. The smallest absolute Gasteiger partial charge is 0.341 e. The summed E-state index contributed by atoms with van der Waals surface area (Å²) in [5.74, 6) is 0.353. The van der Waals surface area contributed by atoms with Crippen LogP contribution in [0.5, 0.6) is 17.2 Å². The van der Waals surface area contributed by atoms with E-state index in [1.54, 1.807) is 24.3 Å². The second-order valence-electron chi connectivity index (χ2n) is 3.69. The van der Waals surface area contributed by atoms with Crippen LogP contribution in [0.4, 0.5) is 0 Å². The normalized spacial score (nSPS) is 9.95. The summed E-state index contributed by atoms with van der Waals surface area (Å²) in [6.07, 6.45) is 2.73. The van der Waals surface area contributed by atoms with Gasteiger partial charge in [-0.05, 0) is 19.1 Å². The Bertz CT molecular complexity index is 583. The summed E-state index contributed by atoms with van der Waals surface area (Å²) in [6.45, 7) is 2.44. The number of hydrogen-bond donors (Lipinski definition) is 1. The van der Waals surface area contributed by atoms with Crippen molar-refractivity contribution >= 4 is 5.97 Å². The number of benzene rings is 1. The number of carboxylic acid groups (broad SMARTS) is 1. The van der Waals surface area contributed by atoms with Crippen LogP contribution in [0, 0.1) is 0 Å². The fourth-order valence-electron chi connectivity index (χ4n) is 1.55. The topological polar surface area (TPSA) is 68.7 Å². The van der Waals surface area contributed by atoms with Crippen molar-refractivity contribution in [2.75, 3.05) is 6.61 Å². The third kappa shape index (κ3) is 3.22. The van der Waals surface area contributed by atoms with Gasteiger partial charge in [0.05, 0.1) is 6.61 Å². The average molecular weight is 259 g/mol. The van der Waals surface area contributed by atoms with Crippen molar-refractivity contribution < 1.29 is 19.4 Å². The van der Waals surface area contributed by atoms with Gasteiger partial charge in [-0.25, -0.2) is 4.79 Å². The first-order valence-corrected chi connectivity index (χ1v) is 5.78. The van der Waals surface area contributed by atoms with Crippen molar-refractivity contribution in [2.24, 2.45) is 0 Å². The van der Waals surface area contributed by atoms with Crippen LogP contribution in [-0.4, -0.2) is 22.7 Å². The third-order valence-corrected chi connectivity index (χ3v) is 2.36. The van der Waals surface area contributed by atoms with Crippen LogP contribution < -0.4 is 9.47 Å². The first-order chi connectivity index (χ1) is 9.20. The lowest BCUT2D eigenvalue weighted by atomic mass is 10.2. The fourth-order valence-corrected chi connectivity index (χ4v) is 1.55. The highest BCUT2D eigenvalue weighted by Gasteiger charge is 2.11. The molecule has 0 saturated heterocycles. The molecule has 0 aliphatic rings. The lowest BCUT2D eigenvalue weighted by molar-refractivity contribution is 0.0693. The van der Waals surface area contributed by atoms with Gasteiger partial charge in [-0.3, -0.25) is 4.98 Å². The molecule has 2 rings (SSSR count). The monoisotopic (exact) mass is 259 g/mol. The quantitative estimate of drug-likeness (QED) is 0.893. The standard InChI is InChI=1S/C14H13NO4/c1-2-18-10-4-3-5-11(8-10)19-13-6-7-15-9-12(13)14(16)17/h3-9H,2H2,1H3,(H,16,17). The Hall–Kier alpha value is -2.56. The van der Waals surface area contributed by atoms with Crippen LogP contribution in [0.3, 0.4) is 0 Å². The molecule has 5 nitrogen and oxygen atoms in total. The molecule has 0 aliphatic carbocycles. The minimum absolute atomic E-state index is 0.0179. The number of pyridine rings is 1. The van der Waals surface area contributed by atoms with Crippen molar-refractivity contribution in [1.82, 2.24) is 4.98 Å². The lowest BCUT2D eigenvalue weighted by Crippen LogP contribution is -2.00. The maximum Gasteiger partial charge on any atom is 0.341 e. The Balaban J connectivity index is 2.26. The zero-order chi connectivity index (χ0) is 13.7. The van der Waals surface area contributed by atoms with Crippen LogP contribution in [0.1, 0.15) is 17.3 Å². The summed E-state index contributed by atoms with van der Waals surface area (Å²) < 4.78 is 10.9. The second-order valence-corrected chi connectivity index (χ2v) is 3.69. The Morgan fingerprint density at radius 3 is 2.84 bits per heavy atom. The number of nitrogens with zero attached hydrogens (tertiary/aromatic N) is 1. The van der Waals surface area contributed by atoms with E-state index >= 15 is 0 Å². The molecular formula is C14H13NO4. The Morgan fingerprint density at radius 1 is 1.32 bits per heavy atom. The Kier molecular flexibility index (Phi) is 3.97.